The van der Waals surface area contributed by atoms with E-state index in [0.717, 1.165) is 29.0 Å². The van der Waals surface area contributed by atoms with Gasteiger partial charge in [0, 0.05) is 0 Å². The molecule has 0 saturated carbocycles. The van der Waals surface area contributed by atoms with Crippen LogP contribution in [0.1, 0.15) is 33.3 Å². The Morgan fingerprint density at radius 2 is 1.95 bits per heavy atom. The quantitative estimate of drug-likeness (QED) is 0.882. The predicted molar refractivity (Wildman–Crippen MR) is 88.8 cm³/mol. The molecular formula is C17H21FN2OS. The molecule has 1 atom stereocenters. The second kappa shape index (κ2) is 7.51. The third kappa shape index (κ3) is 4.39. The molecule has 118 valence electrons. The molecule has 0 bridgehead atoms. The van der Waals surface area contributed by atoms with E-state index in [2.05, 4.69) is 10.2 Å². The van der Waals surface area contributed by atoms with E-state index >= 15 is 0 Å². The topological polar surface area (TPSA) is 32.3 Å². The van der Waals surface area contributed by atoms with E-state index < -0.39 is 0 Å². The third-order valence-electron chi connectivity index (χ3n) is 3.51. The zero-order valence-electron chi connectivity index (χ0n) is 13.1. The van der Waals surface area contributed by atoms with Crippen LogP contribution in [0, 0.1) is 12.7 Å². The lowest BCUT2D eigenvalue weighted by molar-refractivity contribution is 0.0936. The summed E-state index contributed by atoms with van der Waals surface area (Å²) >= 11 is 1.44. The summed E-state index contributed by atoms with van der Waals surface area (Å²) < 4.78 is 13.1. The van der Waals surface area contributed by atoms with E-state index in [1.165, 1.54) is 23.5 Å². The number of carbonyl (C=O) groups excluding carboxylic acids is 1. The van der Waals surface area contributed by atoms with Gasteiger partial charge in [-0.25, -0.2) is 4.39 Å². The van der Waals surface area contributed by atoms with Crippen LogP contribution in [0.3, 0.4) is 0 Å². The summed E-state index contributed by atoms with van der Waals surface area (Å²) in [4.78, 5) is 15.2. The summed E-state index contributed by atoms with van der Waals surface area (Å²) in [6, 6.07) is 8.14. The Morgan fingerprint density at radius 3 is 2.50 bits per heavy atom. The molecule has 0 spiro atoms. The summed E-state index contributed by atoms with van der Waals surface area (Å²) in [5.74, 6) is -0.337. The van der Waals surface area contributed by atoms with Crippen molar-refractivity contribution in [2.45, 2.75) is 19.4 Å². The summed E-state index contributed by atoms with van der Waals surface area (Å²) in [6.45, 7) is 2.77. The van der Waals surface area contributed by atoms with Gasteiger partial charge in [-0.3, -0.25) is 4.79 Å². The number of aryl methyl sites for hydroxylation is 1. The number of hydrogen-bond donors (Lipinski definition) is 1. The van der Waals surface area contributed by atoms with Gasteiger partial charge in [-0.2, -0.15) is 0 Å². The van der Waals surface area contributed by atoms with E-state index in [1.807, 2.05) is 32.5 Å². The van der Waals surface area contributed by atoms with Crippen LogP contribution in [-0.2, 0) is 0 Å². The molecular weight excluding hydrogens is 299 g/mol. The molecule has 0 aliphatic rings. The van der Waals surface area contributed by atoms with Gasteiger partial charge < -0.3 is 10.2 Å². The fraction of sp³-hybridized carbons (Fsp3) is 0.353. The van der Waals surface area contributed by atoms with Gasteiger partial charge in [-0.05, 0) is 68.7 Å². The number of hydrogen-bond acceptors (Lipinski definition) is 3. The minimum atomic E-state index is -0.268. The molecule has 2 rings (SSSR count). The fourth-order valence-electron chi connectivity index (χ4n) is 2.23. The first-order chi connectivity index (χ1) is 10.5. The first kappa shape index (κ1) is 16.6. The lowest BCUT2D eigenvalue weighted by Gasteiger charge is -2.21. The van der Waals surface area contributed by atoms with Gasteiger partial charge in [-0.1, -0.05) is 12.1 Å². The van der Waals surface area contributed by atoms with Gasteiger partial charge in [-0.15, -0.1) is 11.3 Å². The largest absolute Gasteiger partial charge is 0.344 e. The highest BCUT2D eigenvalue weighted by molar-refractivity contribution is 7.12. The molecule has 22 heavy (non-hydrogen) atoms. The molecule has 3 nitrogen and oxygen atoms in total. The smallest absolute Gasteiger partial charge is 0.262 e. The van der Waals surface area contributed by atoms with E-state index in [-0.39, 0.29) is 17.8 Å². The standard InChI is InChI=1S/C17H21FN2OS/c1-12-9-11-22-16(12)17(21)19-15(8-10-20(2)3)13-4-6-14(18)7-5-13/h4-7,9,11,15H,8,10H2,1-3H3,(H,19,21). The minimum Gasteiger partial charge on any atom is -0.344 e. The van der Waals surface area contributed by atoms with Gasteiger partial charge >= 0.3 is 0 Å². The van der Waals surface area contributed by atoms with Crippen LogP contribution >= 0.6 is 11.3 Å². The normalized spacial score (nSPS) is 12.4. The molecule has 1 heterocycles. The van der Waals surface area contributed by atoms with Crippen LogP contribution in [0.5, 0.6) is 0 Å². The summed E-state index contributed by atoms with van der Waals surface area (Å²) in [7, 11) is 3.99. The van der Waals surface area contributed by atoms with Gasteiger partial charge in [0.1, 0.15) is 5.82 Å². The zero-order chi connectivity index (χ0) is 16.1. The molecule has 1 aromatic heterocycles. The van der Waals surface area contributed by atoms with Crippen molar-refractivity contribution < 1.29 is 9.18 Å². The number of thiophene rings is 1. The van der Waals surface area contributed by atoms with E-state index in [9.17, 15) is 9.18 Å². The number of carbonyl (C=O) groups is 1. The van der Waals surface area contributed by atoms with Crippen molar-refractivity contribution in [2.75, 3.05) is 20.6 Å². The molecule has 1 aromatic carbocycles. The lowest BCUT2D eigenvalue weighted by Crippen LogP contribution is -2.30. The van der Waals surface area contributed by atoms with Crippen LogP contribution < -0.4 is 5.32 Å². The molecule has 1 N–H and O–H groups in total. The molecule has 1 amide bonds. The van der Waals surface area contributed by atoms with Crippen molar-refractivity contribution in [1.29, 1.82) is 0 Å². The highest BCUT2D eigenvalue weighted by Crippen LogP contribution is 2.21. The SMILES string of the molecule is Cc1ccsc1C(=O)NC(CCN(C)C)c1ccc(F)cc1. The highest BCUT2D eigenvalue weighted by atomic mass is 32.1. The first-order valence-corrected chi connectivity index (χ1v) is 8.10. The van der Waals surface area contributed by atoms with E-state index in [1.54, 1.807) is 12.1 Å². The molecule has 2 aromatic rings. The number of rotatable bonds is 6. The van der Waals surface area contributed by atoms with Gasteiger partial charge in [0.25, 0.3) is 5.91 Å². The second-order valence-electron chi connectivity index (χ2n) is 5.60. The average molecular weight is 320 g/mol. The van der Waals surface area contributed by atoms with Gasteiger partial charge in [0.05, 0.1) is 10.9 Å². The number of benzene rings is 1. The van der Waals surface area contributed by atoms with Gasteiger partial charge in [0.15, 0.2) is 0 Å². The van der Waals surface area contributed by atoms with Crippen LogP contribution in [0.25, 0.3) is 0 Å². The Kier molecular flexibility index (Phi) is 5.69. The van der Waals surface area contributed by atoms with Gasteiger partial charge in [0.2, 0.25) is 0 Å². The molecule has 0 aliphatic heterocycles. The molecule has 1 unspecified atom stereocenters. The highest BCUT2D eigenvalue weighted by Gasteiger charge is 2.18. The van der Waals surface area contributed by atoms with E-state index in [4.69, 9.17) is 0 Å². The Hall–Kier alpha value is -1.72. The zero-order valence-corrected chi connectivity index (χ0v) is 13.9. The number of nitrogens with one attached hydrogen (secondary N) is 1. The minimum absolute atomic E-state index is 0.0689. The van der Waals surface area contributed by atoms with Crippen molar-refractivity contribution in [3.8, 4) is 0 Å². The van der Waals surface area contributed by atoms with E-state index in [0.29, 0.717) is 0 Å². The Labute approximate surface area is 134 Å². The fourth-order valence-corrected chi connectivity index (χ4v) is 3.06. The summed E-state index contributed by atoms with van der Waals surface area (Å²) in [5.41, 5.74) is 1.90. The van der Waals surface area contributed by atoms with Crippen molar-refractivity contribution in [3.05, 3.63) is 57.5 Å². The Bertz CT molecular complexity index is 622. The first-order valence-electron chi connectivity index (χ1n) is 7.22. The monoisotopic (exact) mass is 320 g/mol. The number of halogens is 1. The maximum Gasteiger partial charge on any atom is 0.262 e. The molecule has 0 fully saturated rings. The van der Waals surface area contributed by atoms with Crippen molar-refractivity contribution in [1.82, 2.24) is 10.2 Å². The Balaban J connectivity index is 2.15. The van der Waals surface area contributed by atoms with Crippen LogP contribution in [0.2, 0.25) is 0 Å². The molecule has 0 saturated heterocycles. The van der Waals surface area contributed by atoms with Crippen LogP contribution in [0.4, 0.5) is 4.39 Å². The van der Waals surface area contributed by atoms with Crippen LogP contribution in [-0.4, -0.2) is 31.4 Å². The maximum absolute atomic E-state index is 13.1. The average Bonchev–Trinajstić information content (AvgIpc) is 2.90. The summed E-state index contributed by atoms with van der Waals surface area (Å²) in [6.07, 6.45) is 0.773. The van der Waals surface area contributed by atoms with Crippen molar-refractivity contribution >= 4 is 17.2 Å². The summed E-state index contributed by atoms with van der Waals surface area (Å²) in [5, 5.41) is 4.99. The van der Waals surface area contributed by atoms with Crippen molar-refractivity contribution in [2.24, 2.45) is 0 Å². The third-order valence-corrected chi connectivity index (χ3v) is 4.53. The Morgan fingerprint density at radius 1 is 1.27 bits per heavy atom. The predicted octanol–water partition coefficient (Wildman–Crippen LogP) is 3.62. The number of nitrogens with zero attached hydrogens (tertiary/aromatic N) is 1. The molecule has 0 aliphatic carbocycles. The lowest BCUT2D eigenvalue weighted by atomic mass is 10.0. The molecule has 0 radical (unpaired) electrons. The van der Waals surface area contributed by atoms with Crippen LogP contribution in [0.15, 0.2) is 35.7 Å². The van der Waals surface area contributed by atoms with Crippen molar-refractivity contribution in [3.63, 3.8) is 0 Å². The number of amides is 1. The second-order valence-corrected chi connectivity index (χ2v) is 6.52. The maximum atomic E-state index is 13.1. The molecule has 5 heteroatoms.